The second-order valence-electron chi connectivity index (χ2n) is 12.5. The van der Waals surface area contributed by atoms with Gasteiger partial charge in [-0.2, -0.15) is 0 Å². The van der Waals surface area contributed by atoms with Gasteiger partial charge in [0.25, 0.3) is 0 Å². The van der Waals surface area contributed by atoms with Crippen molar-refractivity contribution in [1.29, 1.82) is 0 Å². The lowest BCUT2D eigenvalue weighted by Crippen LogP contribution is -2.11. The summed E-state index contributed by atoms with van der Waals surface area (Å²) in [7, 11) is 0. The molecule has 3 heteroatoms. The largest absolute Gasteiger partial charge is 0.456 e. The monoisotopic (exact) mass is 643 g/mol. The third-order valence-electron chi connectivity index (χ3n) is 9.67. The second-order valence-corrected chi connectivity index (χ2v) is 13.6. The number of thiophene rings is 1. The summed E-state index contributed by atoms with van der Waals surface area (Å²) in [5.41, 5.74) is 9.78. The van der Waals surface area contributed by atoms with Crippen molar-refractivity contribution in [3.05, 3.63) is 176 Å². The van der Waals surface area contributed by atoms with Crippen LogP contribution in [-0.4, -0.2) is 0 Å². The third kappa shape index (κ3) is 4.55. The van der Waals surface area contributed by atoms with E-state index in [1.165, 1.54) is 53.2 Å². The molecule has 10 aromatic rings. The SMILES string of the molecule is c1ccc(-c2ccc(N(c3ccc4c(c3)oc3ccccc34)c3ccccc3-c3cccc4ccc5sc6ccccc6c5c34)cc2)cc1. The molecule has 2 nitrogen and oxygen atoms in total. The summed E-state index contributed by atoms with van der Waals surface area (Å²) in [6.07, 6.45) is 0. The van der Waals surface area contributed by atoms with Gasteiger partial charge in [0.2, 0.25) is 0 Å². The molecular weight excluding hydrogens is 615 g/mol. The molecule has 0 saturated carbocycles. The van der Waals surface area contributed by atoms with Crippen LogP contribution in [0.5, 0.6) is 0 Å². The molecule has 0 atom stereocenters. The molecule has 0 aliphatic rings. The van der Waals surface area contributed by atoms with Crippen molar-refractivity contribution < 1.29 is 4.42 Å². The number of anilines is 3. The normalized spacial score (nSPS) is 11.7. The van der Waals surface area contributed by atoms with Crippen LogP contribution in [0.2, 0.25) is 0 Å². The van der Waals surface area contributed by atoms with Crippen LogP contribution >= 0.6 is 11.3 Å². The summed E-state index contributed by atoms with van der Waals surface area (Å²) >= 11 is 1.87. The first kappa shape index (κ1) is 27.9. The molecule has 2 aromatic heterocycles. The summed E-state index contributed by atoms with van der Waals surface area (Å²) in [4.78, 5) is 2.38. The standard InChI is InChI=1S/C46H29NOS/c1-2-11-30(12-3-1)31-21-24-33(25-22-31)47(34-26-27-37-36-15-5-8-19-41(36)48-42(37)29-34)40-18-7-4-14-35(40)38-17-10-13-32-23-28-44-46(45(32)38)39-16-6-9-20-43(39)49-44/h1-29H. The minimum absolute atomic E-state index is 0.874. The highest BCUT2D eigenvalue weighted by atomic mass is 32.1. The van der Waals surface area contributed by atoms with E-state index in [1.54, 1.807) is 0 Å². The van der Waals surface area contributed by atoms with Gasteiger partial charge in [0.1, 0.15) is 11.2 Å². The smallest absolute Gasteiger partial charge is 0.137 e. The van der Waals surface area contributed by atoms with Crippen LogP contribution in [0.15, 0.2) is 180 Å². The van der Waals surface area contributed by atoms with E-state index in [9.17, 15) is 0 Å². The maximum absolute atomic E-state index is 6.42. The number of nitrogens with zero attached hydrogens (tertiary/aromatic N) is 1. The number of rotatable bonds is 5. The minimum atomic E-state index is 0.874. The van der Waals surface area contributed by atoms with Crippen molar-refractivity contribution in [3.63, 3.8) is 0 Å². The van der Waals surface area contributed by atoms with Crippen LogP contribution < -0.4 is 4.90 Å². The Labute approximate surface area is 287 Å². The summed E-state index contributed by atoms with van der Waals surface area (Å²) in [6, 6.07) is 63.2. The number of hydrogen-bond donors (Lipinski definition) is 0. The highest BCUT2D eigenvalue weighted by molar-refractivity contribution is 7.26. The van der Waals surface area contributed by atoms with Crippen LogP contribution in [0.1, 0.15) is 0 Å². The zero-order valence-electron chi connectivity index (χ0n) is 26.5. The average Bonchev–Trinajstić information content (AvgIpc) is 3.74. The first-order chi connectivity index (χ1) is 24.3. The number of fused-ring (bicyclic) bond motifs is 8. The number of hydrogen-bond acceptors (Lipinski definition) is 3. The quantitative estimate of drug-likeness (QED) is 0.186. The first-order valence-electron chi connectivity index (χ1n) is 16.6. The number of benzene rings is 8. The molecule has 2 heterocycles. The molecule has 10 rings (SSSR count). The maximum atomic E-state index is 6.42. The van der Waals surface area contributed by atoms with Gasteiger partial charge < -0.3 is 9.32 Å². The van der Waals surface area contributed by atoms with E-state index >= 15 is 0 Å². The molecule has 0 fully saturated rings. The van der Waals surface area contributed by atoms with Crippen molar-refractivity contribution in [1.82, 2.24) is 0 Å². The molecule has 0 N–H and O–H groups in total. The molecule has 0 aliphatic heterocycles. The predicted molar refractivity (Wildman–Crippen MR) is 210 cm³/mol. The van der Waals surface area contributed by atoms with Crippen LogP contribution in [-0.2, 0) is 0 Å². The molecule has 8 aromatic carbocycles. The summed E-state index contributed by atoms with van der Waals surface area (Å²) in [5, 5.41) is 7.41. The van der Waals surface area contributed by atoms with Crippen molar-refractivity contribution in [2.75, 3.05) is 4.90 Å². The fourth-order valence-electron chi connectivity index (χ4n) is 7.43. The van der Waals surface area contributed by atoms with Gasteiger partial charge in [0, 0.05) is 53.9 Å². The molecule has 49 heavy (non-hydrogen) atoms. The molecule has 0 unspecified atom stereocenters. The van der Waals surface area contributed by atoms with Crippen LogP contribution in [0.4, 0.5) is 17.1 Å². The molecule has 0 amide bonds. The number of furan rings is 1. The van der Waals surface area contributed by atoms with E-state index in [2.05, 4.69) is 169 Å². The molecular formula is C46H29NOS. The molecule has 0 saturated heterocycles. The van der Waals surface area contributed by atoms with Gasteiger partial charge in [0.15, 0.2) is 0 Å². The van der Waals surface area contributed by atoms with Gasteiger partial charge in [-0.15, -0.1) is 11.3 Å². The molecule has 0 radical (unpaired) electrons. The lowest BCUT2D eigenvalue weighted by molar-refractivity contribution is 0.669. The van der Waals surface area contributed by atoms with Crippen molar-refractivity contribution in [2.45, 2.75) is 0 Å². The van der Waals surface area contributed by atoms with Crippen LogP contribution in [0.25, 0.3) is 75.1 Å². The molecule has 230 valence electrons. The Morgan fingerprint density at radius 2 is 1.10 bits per heavy atom. The Morgan fingerprint density at radius 3 is 2.00 bits per heavy atom. The van der Waals surface area contributed by atoms with Gasteiger partial charge in [-0.1, -0.05) is 121 Å². The average molecular weight is 644 g/mol. The van der Waals surface area contributed by atoms with Crippen molar-refractivity contribution in [2.24, 2.45) is 0 Å². The molecule has 0 spiro atoms. The number of para-hydroxylation sites is 2. The summed E-state index contributed by atoms with van der Waals surface area (Å²) in [5.74, 6) is 0. The summed E-state index contributed by atoms with van der Waals surface area (Å²) in [6.45, 7) is 0. The Hall–Kier alpha value is -6.16. The van der Waals surface area contributed by atoms with E-state index in [-0.39, 0.29) is 0 Å². The zero-order valence-corrected chi connectivity index (χ0v) is 27.3. The van der Waals surface area contributed by atoms with Crippen molar-refractivity contribution in [3.8, 4) is 22.3 Å². The van der Waals surface area contributed by atoms with Gasteiger partial charge in [-0.3, -0.25) is 0 Å². The van der Waals surface area contributed by atoms with Gasteiger partial charge in [-0.05, 0) is 76.0 Å². The lowest BCUT2D eigenvalue weighted by Gasteiger charge is -2.28. The van der Waals surface area contributed by atoms with Gasteiger partial charge >= 0.3 is 0 Å². The molecule has 0 aliphatic carbocycles. The van der Waals surface area contributed by atoms with E-state index in [0.29, 0.717) is 0 Å². The van der Waals surface area contributed by atoms with Crippen molar-refractivity contribution >= 4 is 81.3 Å². The highest BCUT2D eigenvalue weighted by Crippen LogP contribution is 2.47. The Kier molecular flexibility index (Phi) is 6.39. The third-order valence-corrected chi connectivity index (χ3v) is 10.8. The van der Waals surface area contributed by atoms with Crippen LogP contribution in [0.3, 0.4) is 0 Å². The fourth-order valence-corrected chi connectivity index (χ4v) is 8.54. The maximum Gasteiger partial charge on any atom is 0.137 e. The van der Waals surface area contributed by atoms with Gasteiger partial charge in [0.05, 0.1) is 5.69 Å². The lowest BCUT2D eigenvalue weighted by atomic mass is 9.93. The zero-order chi connectivity index (χ0) is 32.3. The highest BCUT2D eigenvalue weighted by Gasteiger charge is 2.21. The second kappa shape index (κ2) is 11.2. The predicted octanol–water partition coefficient (Wildman–Crippen LogP) is 13.9. The first-order valence-corrected chi connectivity index (χ1v) is 17.4. The molecule has 0 bridgehead atoms. The Bertz CT molecular complexity index is 2830. The van der Waals surface area contributed by atoms with E-state index < -0.39 is 0 Å². The van der Waals surface area contributed by atoms with E-state index in [4.69, 9.17) is 4.42 Å². The summed E-state index contributed by atoms with van der Waals surface area (Å²) < 4.78 is 9.04. The topological polar surface area (TPSA) is 16.4 Å². The fraction of sp³-hybridized carbons (Fsp3) is 0. The Morgan fingerprint density at radius 1 is 0.408 bits per heavy atom. The van der Waals surface area contributed by atoms with Crippen LogP contribution in [0, 0.1) is 0 Å². The minimum Gasteiger partial charge on any atom is -0.456 e. The Balaban J connectivity index is 1.23. The van der Waals surface area contributed by atoms with Gasteiger partial charge in [-0.25, -0.2) is 0 Å². The van der Waals surface area contributed by atoms with E-state index in [0.717, 1.165) is 39.0 Å². The van der Waals surface area contributed by atoms with E-state index in [1.807, 2.05) is 23.5 Å².